The number of hydrogen-bond acceptors (Lipinski definition) is 3. The van der Waals surface area contributed by atoms with Gasteiger partial charge in [-0.05, 0) is 66.2 Å². The Morgan fingerprint density at radius 1 is 0.846 bits per heavy atom. The molecule has 0 aliphatic heterocycles. The van der Waals surface area contributed by atoms with Crippen LogP contribution in [-0.4, -0.2) is 6.21 Å². The molecule has 26 heavy (non-hydrogen) atoms. The fraction of sp³-hybridized carbons (Fsp3) is 0.0500. The Labute approximate surface area is 167 Å². The summed E-state index contributed by atoms with van der Waals surface area (Å²) in [5.74, 6) is 0.749. The molecule has 0 aliphatic carbocycles. The number of nitrogens with zero attached hydrogens (tertiary/aromatic N) is 1. The monoisotopic (exact) mass is 404 g/mol. The second-order valence-electron chi connectivity index (χ2n) is 5.47. The summed E-state index contributed by atoms with van der Waals surface area (Å²) < 4.78 is 5.75. The van der Waals surface area contributed by atoms with Crippen LogP contribution in [0, 0.1) is 0 Å². The molecular formula is C20H15Cl3N2O. The van der Waals surface area contributed by atoms with E-state index in [2.05, 4.69) is 10.5 Å². The van der Waals surface area contributed by atoms with E-state index in [1.807, 2.05) is 42.5 Å². The standard InChI is InChI=1S/C20H15Cl3N2O/c21-16-5-7-18(8-6-16)25-24-12-14-1-9-19(10-2-14)26-13-15-3-4-17(22)11-20(15)23/h1-12,25H,13H2. The van der Waals surface area contributed by atoms with Crippen molar-refractivity contribution in [3.63, 3.8) is 0 Å². The first-order valence-electron chi connectivity index (χ1n) is 7.81. The van der Waals surface area contributed by atoms with E-state index >= 15 is 0 Å². The molecule has 0 radical (unpaired) electrons. The van der Waals surface area contributed by atoms with Gasteiger partial charge in [-0.3, -0.25) is 5.43 Å². The second kappa shape index (κ2) is 8.95. The molecule has 3 rings (SSSR count). The van der Waals surface area contributed by atoms with Crippen LogP contribution in [0.5, 0.6) is 5.75 Å². The van der Waals surface area contributed by atoms with Crippen LogP contribution >= 0.6 is 34.8 Å². The predicted molar refractivity (Wildman–Crippen MR) is 110 cm³/mol. The summed E-state index contributed by atoms with van der Waals surface area (Å²) in [5, 5.41) is 6.08. The lowest BCUT2D eigenvalue weighted by molar-refractivity contribution is 0.306. The van der Waals surface area contributed by atoms with Gasteiger partial charge in [-0.1, -0.05) is 40.9 Å². The number of benzene rings is 3. The molecule has 0 amide bonds. The molecule has 0 bridgehead atoms. The minimum Gasteiger partial charge on any atom is -0.489 e. The van der Waals surface area contributed by atoms with Crippen molar-refractivity contribution < 1.29 is 4.74 Å². The maximum Gasteiger partial charge on any atom is 0.119 e. The summed E-state index contributed by atoms with van der Waals surface area (Å²) >= 11 is 17.9. The molecule has 6 heteroatoms. The normalized spacial score (nSPS) is 10.9. The zero-order valence-corrected chi connectivity index (χ0v) is 15.9. The first-order chi connectivity index (χ1) is 12.6. The van der Waals surface area contributed by atoms with Gasteiger partial charge in [-0.25, -0.2) is 0 Å². The fourth-order valence-corrected chi connectivity index (χ4v) is 2.74. The summed E-state index contributed by atoms with van der Waals surface area (Å²) in [6.07, 6.45) is 1.73. The lowest BCUT2D eigenvalue weighted by atomic mass is 10.2. The number of hydrazone groups is 1. The van der Waals surface area contributed by atoms with Crippen LogP contribution in [0.1, 0.15) is 11.1 Å². The molecular weight excluding hydrogens is 391 g/mol. The minimum absolute atomic E-state index is 0.377. The number of anilines is 1. The number of nitrogens with one attached hydrogen (secondary N) is 1. The first-order valence-corrected chi connectivity index (χ1v) is 8.95. The maximum absolute atomic E-state index is 6.14. The molecule has 0 saturated heterocycles. The summed E-state index contributed by atoms with van der Waals surface area (Å²) in [7, 11) is 0. The van der Waals surface area contributed by atoms with Gasteiger partial charge in [-0.2, -0.15) is 5.10 Å². The third-order valence-electron chi connectivity index (χ3n) is 3.54. The average Bonchev–Trinajstić information content (AvgIpc) is 2.64. The largest absolute Gasteiger partial charge is 0.489 e. The lowest BCUT2D eigenvalue weighted by Crippen LogP contribution is -1.96. The van der Waals surface area contributed by atoms with E-state index in [1.54, 1.807) is 30.5 Å². The molecule has 1 N–H and O–H groups in total. The van der Waals surface area contributed by atoms with E-state index in [-0.39, 0.29) is 0 Å². The van der Waals surface area contributed by atoms with Crippen LogP contribution in [-0.2, 0) is 6.61 Å². The van der Waals surface area contributed by atoms with Crippen LogP contribution < -0.4 is 10.2 Å². The van der Waals surface area contributed by atoms with Crippen molar-refractivity contribution in [2.75, 3.05) is 5.43 Å². The highest BCUT2D eigenvalue weighted by Gasteiger charge is 2.02. The average molecular weight is 406 g/mol. The molecule has 0 unspecified atom stereocenters. The first kappa shape index (κ1) is 18.6. The van der Waals surface area contributed by atoms with Gasteiger partial charge in [0.05, 0.1) is 11.9 Å². The van der Waals surface area contributed by atoms with Crippen molar-refractivity contribution in [1.29, 1.82) is 0 Å². The zero-order valence-electron chi connectivity index (χ0n) is 13.6. The Kier molecular flexibility index (Phi) is 6.40. The Bertz CT molecular complexity index is 894. The molecule has 132 valence electrons. The number of rotatable bonds is 6. The van der Waals surface area contributed by atoms with Gasteiger partial charge in [0.15, 0.2) is 0 Å². The van der Waals surface area contributed by atoms with Crippen molar-refractivity contribution in [2.24, 2.45) is 5.10 Å². The molecule has 0 aliphatic rings. The number of hydrogen-bond donors (Lipinski definition) is 1. The molecule has 0 saturated carbocycles. The van der Waals surface area contributed by atoms with Crippen molar-refractivity contribution in [3.05, 3.63) is 92.9 Å². The molecule has 0 atom stereocenters. The molecule has 0 aromatic heterocycles. The highest BCUT2D eigenvalue weighted by Crippen LogP contribution is 2.22. The van der Waals surface area contributed by atoms with Crippen molar-refractivity contribution >= 4 is 46.7 Å². The topological polar surface area (TPSA) is 33.6 Å². The van der Waals surface area contributed by atoms with Crippen molar-refractivity contribution in [3.8, 4) is 5.75 Å². The van der Waals surface area contributed by atoms with E-state index < -0.39 is 0 Å². The molecule has 3 aromatic rings. The van der Waals surface area contributed by atoms with Crippen molar-refractivity contribution in [2.45, 2.75) is 6.61 Å². The molecule has 0 fully saturated rings. The summed E-state index contributed by atoms with van der Waals surface area (Å²) in [5.41, 5.74) is 5.64. The van der Waals surface area contributed by atoms with Gasteiger partial charge >= 0.3 is 0 Å². The van der Waals surface area contributed by atoms with Gasteiger partial charge in [0.25, 0.3) is 0 Å². The summed E-state index contributed by atoms with van der Waals surface area (Å²) in [4.78, 5) is 0. The lowest BCUT2D eigenvalue weighted by Gasteiger charge is -2.08. The van der Waals surface area contributed by atoms with E-state index in [9.17, 15) is 0 Å². The van der Waals surface area contributed by atoms with Crippen LogP contribution in [0.2, 0.25) is 15.1 Å². The summed E-state index contributed by atoms with van der Waals surface area (Å²) in [6, 6.07) is 20.3. The van der Waals surface area contributed by atoms with Crippen LogP contribution in [0.25, 0.3) is 0 Å². The Hall–Kier alpha value is -2.20. The predicted octanol–water partition coefficient (Wildman–Crippen LogP) is 6.67. The van der Waals surface area contributed by atoms with E-state index in [1.165, 1.54) is 0 Å². The number of halogens is 3. The van der Waals surface area contributed by atoms with Crippen LogP contribution in [0.4, 0.5) is 5.69 Å². The molecule has 0 heterocycles. The zero-order chi connectivity index (χ0) is 18.4. The Morgan fingerprint density at radius 3 is 2.23 bits per heavy atom. The van der Waals surface area contributed by atoms with Crippen molar-refractivity contribution in [1.82, 2.24) is 0 Å². The summed E-state index contributed by atoms with van der Waals surface area (Å²) in [6.45, 7) is 0.377. The van der Waals surface area contributed by atoms with E-state index in [0.29, 0.717) is 21.7 Å². The molecule has 0 spiro atoms. The van der Waals surface area contributed by atoms with Gasteiger partial charge in [0, 0.05) is 20.6 Å². The third kappa shape index (κ3) is 5.40. The maximum atomic E-state index is 6.14. The quantitative estimate of drug-likeness (QED) is 0.367. The molecule has 3 aromatic carbocycles. The van der Waals surface area contributed by atoms with E-state index in [4.69, 9.17) is 39.5 Å². The van der Waals surface area contributed by atoms with Gasteiger partial charge in [-0.15, -0.1) is 0 Å². The molecule has 3 nitrogen and oxygen atoms in total. The number of ether oxygens (including phenoxy) is 1. The highest BCUT2D eigenvalue weighted by atomic mass is 35.5. The van der Waals surface area contributed by atoms with Crippen LogP contribution in [0.15, 0.2) is 71.8 Å². The third-order valence-corrected chi connectivity index (χ3v) is 4.38. The smallest absolute Gasteiger partial charge is 0.119 e. The minimum atomic E-state index is 0.377. The SMILES string of the molecule is Clc1ccc(NN=Cc2ccc(OCc3ccc(Cl)cc3Cl)cc2)cc1. The Morgan fingerprint density at radius 2 is 1.54 bits per heavy atom. The Balaban J connectivity index is 1.54. The van der Waals surface area contributed by atoms with Gasteiger partial charge < -0.3 is 4.74 Å². The fourth-order valence-electron chi connectivity index (χ4n) is 2.16. The van der Waals surface area contributed by atoms with Gasteiger partial charge in [0.2, 0.25) is 0 Å². The highest BCUT2D eigenvalue weighted by molar-refractivity contribution is 6.35. The second-order valence-corrected chi connectivity index (χ2v) is 6.75. The van der Waals surface area contributed by atoms with Gasteiger partial charge in [0.1, 0.15) is 12.4 Å². The van der Waals surface area contributed by atoms with Crippen LogP contribution in [0.3, 0.4) is 0 Å². The van der Waals surface area contributed by atoms with E-state index in [0.717, 1.165) is 22.6 Å².